The van der Waals surface area contributed by atoms with E-state index in [1.807, 2.05) is 54.6 Å². The van der Waals surface area contributed by atoms with Crippen LogP contribution in [-0.4, -0.2) is 11.0 Å². The molecule has 4 heteroatoms. The van der Waals surface area contributed by atoms with Crippen molar-refractivity contribution in [2.45, 2.75) is 6.10 Å². The molecule has 1 aromatic heterocycles. The molecule has 24 heavy (non-hydrogen) atoms. The summed E-state index contributed by atoms with van der Waals surface area (Å²) in [7, 11) is 0. The first-order valence-electron chi connectivity index (χ1n) is 7.45. The van der Waals surface area contributed by atoms with Crippen LogP contribution in [0.5, 0.6) is 0 Å². The summed E-state index contributed by atoms with van der Waals surface area (Å²) in [5.74, 6) is -0.494. The molecule has 0 amide bonds. The van der Waals surface area contributed by atoms with Crippen molar-refractivity contribution in [3.63, 3.8) is 0 Å². The molecule has 0 saturated heterocycles. The number of hydrogen-bond acceptors (Lipinski definition) is 4. The number of carbonyl (C=O) groups is 1. The molecule has 3 rings (SSSR count). The molecule has 116 valence electrons. The van der Waals surface area contributed by atoms with Gasteiger partial charge in [-0.05, 0) is 35.9 Å². The maximum absolute atomic E-state index is 12.5. The van der Waals surface area contributed by atoms with E-state index in [-0.39, 0.29) is 0 Å². The van der Waals surface area contributed by atoms with Crippen LogP contribution in [0.25, 0.3) is 0 Å². The Labute approximate surface area is 140 Å². The van der Waals surface area contributed by atoms with Gasteiger partial charge in [0.05, 0.1) is 22.9 Å². The second kappa shape index (κ2) is 7.21. The number of hydrogen-bond donors (Lipinski definition) is 0. The number of ether oxygens (including phenoxy) is 1. The molecule has 0 aliphatic carbocycles. The van der Waals surface area contributed by atoms with Gasteiger partial charge >= 0.3 is 5.97 Å². The highest BCUT2D eigenvalue weighted by molar-refractivity contribution is 5.90. The largest absolute Gasteiger partial charge is 0.447 e. The molecule has 0 bridgehead atoms. The lowest BCUT2D eigenvalue weighted by Crippen LogP contribution is -2.14. The second-order valence-electron chi connectivity index (χ2n) is 5.14. The molecule has 0 spiro atoms. The van der Waals surface area contributed by atoms with Crippen molar-refractivity contribution >= 4 is 5.97 Å². The fourth-order valence-electron chi connectivity index (χ4n) is 2.35. The van der Waals surface area contributed by atoms with E-state index in [0.717, 1.165) is 5.56 Å². The normalized spacial score (nSPS) is 11.3. The molecule has 4 nitrogen and oxygen atoms in total. The van der Waals surface area contributed by atoms with Crippen LogP contribution in [0, 0.1) is 11.3 Å². The summed E-state index contributed by atoms with van der Waals surface area (Å²) in [4.78, 5) is 16.8. The average Bonchev–Trinajstić information content (AvgIpc) is 2.67. The lowest BCUT2D eigenvalue weighted by atomic mass is 10.1. The van der Waals surface area contributed by atoms with E-state index in [2.05, 4.69) is 4.98 Å². The standard InChI is InChI=1S/C20H14N2O2/c21-14-15-7-6-10-17(13-15)20(23)24-19(16-8-2-1-3-9-16)18-11-4-5-12-22-18/h1-13,19H/t19-/m0/s1. The summed E-state index contributed by atoms with van der Waals surface area (Å²) in [6, 6.07) is 23.4. The van der Waals surface area contributed by atoms with Gasteiger partial charge in [0.1, 0.15) is 0 Å². The Hall–Kier alpha value is -3.45. The number of nitriles is 1. The van der Waals surface area contributed by atoms with Gasteiger partial charge in [-0.15, -0.1) is 0 Å². The quantitative estimate of drug-likeness (QED) is 0.685. The molecule has 0 aliphatic rings. The average molecular weight is 314 g/mol. The van der Waals surface area contributed by atoms with Gasteiger partial charge in [0.2, 0.25) is 0 Å². The zero-order valence-electron chi connectivity index (χ0n) is 12.8. The van der Waals surface area contributed by atoms with Gasteiger partial charge in [-0.25, -0.2) is 4.79 Å². The van der Waals surface area contributed by atoms with E-state index in [9.17, 15) is 4.79 Å². The van der Waals surface area contributed by atoms with Gasteiger partial charge in [0.25, 0.3) is 0 Å². The summed E-state index contributed by atoms with van der Waals surface area (Å²) < 4.78 is 5.70. The van der Waals surface area contributed by atoms with Crippen molar-refractivity contribution in [1.82, 2.24) is 4.98 Å². The summed E-state index contributed by atoms with van der Waals surface area (Å²) in [5.41, 5.74) is 2.24. The molecule has 0 saturated carbocycles. The van der Waals surface area contributed by atoms with Crippen molar-refractivity contribution in [3.8, 4) is 6.07 Å². The van der Waals surface area contributed by atoms with Crippen LogP contribution in [-0.2, 0) is 4.74 Å². The second-order valence-corrected chi connectivity index (χ2v) is 5.14. The Morgan fingerprint density at radius 3 is 2.50 bits per heavy atom. The summed E-state index contributed by atoms with van der Waals surface area (Å²) >= 11 is 0. The minimum Gasteiger partial charge on any atom is -0.447 e. The van der Waals surface area contributed by atoms with Gasteiger partial charge in [-0.1, -0.05) is 42.5 Å². The summed E-state index contributed by atoms with van der Waals surface area (Å²) in [6.45, 7) is 0. The summed E-state index contributed by atoms with van der Waals surface area (Å²) in [6.07, 6.45) is 1.06. The fourth-order valence-corrected chi connectivity index (χ4v) is 2.35. The predicted octanol–water partition coefficient (Wildman–Crippen LogP) is 3.90. The van der Waals surface area contributed by atoms with Crippen molar-refractivity contribution in [2.24, 2.45) is 0 Å². The Morgan fingerprint density at radius 1 is 1.00 bits per heavy atom. The Bertz CT molecular complexity index is 831. The SMILES string of the molecule is N#Cc1cccc(C(=O)O[C@@H](c2ccccc2)c2ccccn2)c1. The van der Waals surface area contributed by atoms with E-state index in [1.165, 1.54) is 6.07 Å². The molecule has 0 radical (unpaired) electrons. The molecule has 0 fully saturated rings. The molecule has 0 N–H and O–H groups in total. The zero-order valence-corrected chi connectivity index (χ0v) is 12.8. The lowest BCUT2D eigenvalue weighted by Gasteiger charge is -2.18. The Balaban J connectivity index is 1.92. The third-order valence-corrected chi connectivity index (χ3v) is 3.51. The first kappa shape index (κ1) is 15.4. The zero-order chi connectivity index (χ0) is 16.8. The number of benzene rings is 2. The van der Waals surface area contributed by atoms with Crippen molar-refractivity contribution in [2.75, 3.05) is 0 Å². The number of rotatable bonds is 4. The maximum Gasteiger partial charge on any atom is 0.339 e. The van der Waals surface area contributed by atoms with Crippen LogP contribution in [0.2, 0.25) is 0 Å². The van der Waals surface area contributed by atoms with Crippen LogP contribution < -0.4 is 0 Å². The third-order valence-electron chi connectivity index (χ3n) is 3.51. The summed E-state index contributed by atoms with van der Waals surface area (Å²) in [5, 5.41) is 8.97. The minimum absolute atomic E-state index is 0.339. The third kappa shape index (κ3) is 3.47. The molecular formula is C20H14N2O2. The maximum atomic E-state index is 12.5. The van der Waals surface area contributed by atoms with Crippen LogP contribution in [0.1, 0.15) is 33.3 Å². The van der Waals surface area contributed by atoms with E-state index in [4.69, 9.17) is 10.00 Å². The van der Waals surface area contributed by atoms with E-state index >= 15 is 0 Å². The number of esters is 1. The molecule has 2 aromatic carbocycles. The monoisotopic (exact) mass is 314 g/mol. The van der Waals surface area contributed by atoms with Gasteiger partial charge in [-0.2, -0.15) is 5.26 Å². The number of pyridine rings is 1. The van der Waals surface area contributed by atoms with Gasteiger partial charge in [-0.3, -0.25) is 4.98 Å². The Kier molecular flexibility index (Phi) is 4.64. The van der Waals surface area contributed by atoms with E-state index < -0.39 is 12.1 Å². The van der Waals surface area contributed by atoms with Crippen LogP contribution in [0.15, 0.2) is 79.0 Å². The van der Waals surface area contributed by atoms with Gasteiger partial charge in [0.15, 0.2) is 6.10 Å². The highest BCUT2D eigenvalue weighted by Crippen LogP contribution is 2.25. The van der Waals surface area contributed by atoms with Crippen molar-refractivity contribution < 1.29 is 9.53 Å². The topological polar surface area (TPSA) is 63.0 Å². The smallest absolute Gasteiger partial charge is 0.339 e. The minimum atomic E-state index is -0.606. The van der Waals surface area contributed by atoms with Crippen LogP contribution in [0.4, 0.5) is 0 Å². The van der Waals surface area contributed by atoms with Crippen molar-refractivity contribution in [3.05, 3.63) is 101 Å². The molecular weight excluding hydrogens is 300 g/mol. The molecule has 1 heterocycles. The molecule has 3 aromatic rings. The van der Waals surface area contributed by atoms with Crippen LogP contribution >= 0.6 is 0 Å². The first-order chi connectivity index (χ1) is 11.8. The van der Waals surface area contributed by atoms with Gasteiger partial charge in [0, 0.05) is 6.20 Å². The number of nitrogens with zero attached hydrogens (tertiary/aromatic N) is 2. The first-order valence-corrected chi connectivity index (χ1v) is 7.45. The molecule has 0 aliphatic heterocycles. The van der Waals surface area contributed by atoms with Crippen molar-refractivity contribution in [1.29, 1.82) is 5.26 Å². The lowest BCUT2D eigenvalue weighted by molar-refractivity contribution is 0.0370. The molecule has 0 unspecified atom stereocenters. The fraction of sp³-hybridized carbons (Fsp3) is 0.0500. The molecule has 1 atom stereocenters. The number of aromatic nitrogens is 1. The van der Waals surface area contributed by atoms with E-state index in [1.54, 1.807) is 24.4 Å². The van der Waals surface area contributed by atoms with E-state index in [0.29, 0.717) is 16.8 Å². The Morgan fingerprint density at radius 2 is 1.79 bits per heavy atom. The van der Waals surface area contributed by atoms with Crippen LogP contribution in [0.3, 0.4) is 0 Å². The highest BCUT2D eigenvalue weighted by atomic mass is 16.5. The predicted molar refractivity (Wildman–Crippen MR) is 89.1 cm³/mol. The highest BCUT2D eigenvalue weighted by Gasteiger charge is 2.21. The number of carbonyl (C=O) groups excluding carboxylic acids is 1. The van der Waals surface area contributed by atoms with Gasteiger partial charge < -0.3 is 4.74 Å².